The first-order valence-corrected chi connectivity index (χ1v) is 7.31. The van der Waals surface area contributed by atoms with Crippen molar-refractivity contribution in [1.82, 2.24) is 14.3 Å². The Bertz CT molecular complexity index is 771. The maximum absolute atomic E-state index is 6.41. The number of hydrogen-bond acceptors (Lipinski definition) is 1. The minimum Gasteiger partial charge on any atom is -0.341 e. The fourth-order valence-electron chi connectivity index (χ4n) is 2.48. The number of halogens is 2. The van der Waals surface area contributed by atoms with Gasteiger partial charge in [0.2, 0.25) is 0 Å². The number of nitrogens with zero attached hydrogens (tertiary/aromatic N) is 3. The lowest BCUT2D eigenvalue weighted by atomic mass is 10.2. The first-order chi connectivity index (χ1) is 9.61. The molecule has 104 valence electrons. The van der Waals surface area contributed by atoms with Crippen LogP contribution >= 0.6 is 23.2 Å². The van der Waals surface area contributed by atoms with Crippen molar-refractivity contribution in [2.75, 3.05) is 0 Å². The van der Waals surface area contributed by atoms with E-state index in [0.717, 1.165) is 38.8 Å². The molecule has 20 heavy (non-hydrogen) atoms. The van der Waals surface area contributed by atoms with E-state index in [9.17, 15) is 0 Å². The standard InChI is InChI=1S/C15H15Cl2N3/c1-3-12-15(17)14(19(2)18-12)9-20-8-7-10-11(16)5-4-6-13(10)20/h4-8H,3,9H2,1-2H3. The molecule has 0 N–H and O–H groups in total. The van der Waals surface area contributed by atoms with Gasteiger partial charge in [0.05, 0.1) is 23.0 Å². The van der Waals surface area contributed by atoms with Crippen LogP contribution in [0.5, 0.6) is 0 Å². The number of benzene rings is 1. The Hall–Kier alpha value is -1.45. The molecule has 0 saturated carbocycles. The minimum atomic E-state index is 0.687. The van der Waals surface area contributed by atoms with Gasteiger partial charge in [-0.2, -0.15) is 5.10 Å². The Morgan fingerprint density at radius 1 is 1.20 bits per heavy atom. The van der Waals surface area contributed by atoms with Crippen molar-refractivity contribution in [2.45, 2.75) is 19.9 Å². The molecule has 0 unspecified atom stereocenters. The highest BCUT2D eigenvalue weighted by Crippen LogP contribution is 2.27. The second kappa shape index (κ2) is 5.15. The SMILES string of the molecule is CCc1nn(C)c(Cn2ccc3c(Cl)cccc32)c1Cl. The van der Waals surface area contributed by atoms with Gasteiger partial charge in [-0.1, -0.05) is 36.2 Å². The van der Waals surface area contributed by atoms with E-state index in [0.29, 0.717) is 6.54 Å². The quantitative estimate of drug-likeness (QED) is 0.707. The lowest BCUT2D eigenvalue weighted by Gasteiger charge is -2.07. The van der Waals surface area contributed by atoms with Crippen LogP contribution < -0.4 is 0 Å². The summed E-state index contributed by atoms with van der Waals surface area (Å²) in [7, 11) is 1.93. The van der Waals surface area contributed by atoms with Crippen LogP contribution in [0.3, 0.4) is 0 Å². The van der Waals surface area contributed by atoms with Gasteiger partial charge >= 0.3 is 0 Å². The van der Waals surface area contributed by atoms with Crippen molar-refractivity contribution >= 4 is 34.1 Å². The third-order valence-corrected chi connectivity index (χ3v) is 4.35. The van der Waals surface area contributed by atoms with Crippen LogP contribution in [0, 0.1) is 0 Å². The van der Waals surface area contributed by atoms with E-state index in [1.54, 1.807) is 0 Å². The molecule has 0 atom stereocenters. The van der Waals surface area contributed by atoms with Crippen LogP contribution in [-0.4, -0.2) is 14.3 Å². The summed E-state index contributed by atoms with van der Waals surface area (Å²) in [4.78, 5) is 0. The minimum absolute atomic E-state index is 0.687. The Kier molecular flexibility index (Phi) is 3.48. The molecule has 0 radical (unpaired) electrons. The summed E-state index contributed by atoms with van der Waals surface area (Å²) < 4.78 is 4.00. The van der Waals surface area contributed by atoms with Crippen molar-refractivity contribution in [2.24, 2.45) is 7.05 Å². The molecule has 0 aliphatic rings. The zero-order valence-corrected chi connectivity index (χ0v) is 12.9. The van der Waals surface area contributed by atoms with Crippen molar-refractivity contribution in [3.63, 3.8) is 0 Å². The van der Waals surface area contributed by atoms with Gasteiger partial charge in [-0.3, -0.25) is 4.68 Å². The predicted octanol–water partition coefficient (Wildman–Crippen LogP) is 4.29. The van der Waals surface area contributed by atoms with Gasteiger partial charge in [0.1, 0.15) is 0 Å². The molecule has 0 amide bonds. The summed E-state index contributed by atoms with van der Waals surface area (Å²) in [6.45, 7) is 2.75. The molecule has 5 heteroatoms. The summed E-state index contributed by atoms with van der Waals surface area (Å²) in [6.07, 6.45) is 2.87. The first kappa shape index (κ1) is 13.5. The Labute approximate surface area is 127 Å². The molecule has 1 aromatic carbocycles. The lowest BCUT2D eigenvalue weighted by Crippen LogP contribution is -2.05. The van der Waals surface area contributed by atoms with Gasteiger partial charge < -0.3 is 4.57 Å². The highest BCUT2D eigenvalue weighted by Gasteiger charge is 2.14. The van der Waals surface area contributed by atoms with Crippen molar-refractivity contribution in [3.05, 3.63) is 51.9 Å². The zero-order valence-electron chi connectivity index (χ0n) is 11.4. The third-order valence-electron chi connectivity index (χ3n) is 3.58. The van der Waals surface area contributed by atoms with Crippen LogP contribution in [0.4, 0.5) is 0 Å². The Morgan fingerprint density at radius 2 is 2.00 bits per heavy atom. The molecule has 0 spiro atoms. The molecule has 0 fully saturated rings. The molecule has 2 aromatic heterocycles. The predicted molar refractivity (Wildman–Crippen MR) is 83.6 cm³/mol. The van der Waals surface area contributed by atoms with Gasteiger partial charge in [-0.25, -0.2) is 0 Å². The van der Waals surface area contributed by atoms with Gasteiger partial charge in [-0.15, -0.1) is 0 Å². The average molecular weight is 308 g/mol. The van der Waals surface area contributed by atoms with Crippen LogP contribution in [0.2, 0.25) is 10.0 Å². The van der Waals surface area contributed by atoms with Gasteiger partial charge in [-0.05, 0) is 24.6 Å². The molecule has 0 aliphatic carbocycles. The van der Waals surface area contributed by atoms with Crippen molar-refractivity contribution in [1.29, 1.82) is 0 Å². The highest BCUT2D eigenvalue weighted by molar-refractivity contribution is 6.35. The Morgan fingerprint density at radius 3 is 2.70 bits per heavy atom. The molecular weight excluding hydrogens is 293 g/mol. The molecule has 3 rings (SSSR count). The van der Waals surface area contributed by atoms with E-state index in [1.807, 2.05) is 36.1 Å². The van der Waals surface area contributed by atoms with Crippen LogP contribution in [-0.2, 0) is 20.0 Å². The smallest absolute Gasteiger partial charge is 0.0868 e. The van der Waals surface area contributed by atoms with Crippen LogP contribution in [0.1, 0.15) is 18.3 Å². The van der Waals surface area contributed by atoms with E-state index >= 15 is 0 Å². The fraction of sp³-hybridized carbons (Fsp3) is 0.267. The molecule has 2 heterocycles. The topological polar surface area (TPSA) is 22.8 Å². The van der Waals surface area contributed by atoms with Crippen molar-refractivity contribution in [3.8, 4) is 0 Å². The highest BCUT2D eigenvalue weighted by atomic mass is 35.5. The molecule has 3 nitrogen and oxygen atoms in total. The monoisotopic (exact) mass is 307 g/mol. The zero-order chi connectivity index (χ0) is 14.3. The summed E-state index contributed by atoms with van der Waals surface area (Å²) in [5, 5.41) is 7.04. The second-order valence-electron chi connectivity index (χ2n) is 4.80. The van der Waals surface area contributed by atoms with Crippen molar-refractivity contribution < 1.29 is 0 Å². The number of rotatable bonds is 3. The van der Waals surface area contributed by atoms with E-state index < -0.39 is 0 Å². The maximum Gasteiger partial charge on any atom is 0.0868 e. The molecule has 3 aromatic rings. The number of aromatic nitrogens is 3. The largest absolute Gasteiger partial charge is 0.341 e. The molecule has 0 aliphatic heterocycles. The van der Waals surface area contributed by atoms with Crippen LogP contribution in [0.25, 0.3) is 10.9 Å². The summed E-state index contributed by atoms with van der Waals surface area (Å²) >= 11 is 12.6. The summed E-state index contributed by atoms with van der Waals surface area (Å²) in [5.74, 6) is 0. The first-order valence-electron chi connectivity index (χ1n) is 6.55. The number of hydrogen-bond donors (Lipinski definition) is 0. The van der Waals surface area contributed by atoms with E-state index in [2.05, 4.69) is 22.7 Å². The van der Waals surface area contributed by atoms with Gasteiger partial charge in [0.25, 0.3) is 0 Å². The number of aryl methyl sites for hydroxylation is 2. The van der Waals surface area contributed by atoms with E-state index in [4.69, 9.17) is 23.2 Å². The second-order valence-corrected chi connectivity index (χ2v) is 5.59. The van der Waals surface area contributed by atoms with E-state index in [1.165, 1.54) is 0 Å². The fourth-order valence-corrected chi connectivity index (χ4v) is 3.06. The summed E-state index contributed by atoms with van der Waals surface area (Å²) in [5.41, 5.74) is 3.06. The Balaban J connectivity index is 2.06. The molecule has 0 saturated heterocycles. The average Bonchev–Trinajstić information content (AvgIpc) is 2.96. The van der Waals surface area contributed by atoms with Gasteiger partial charge in [0.15, 0.2) is 0 Å². The molecular formula is C15H15Cl2N3. The maximum atomic E-state index is 6.41. The normalized spacial score (nSPS) is 11.4. The van der Waals surface area contributed by atoms with E-state index in [-0.39, 0.29) is 0 Å². The number of fused-ring (bicyclic) bond motifs is 1. The van der Waals surface area contributed by atoms with Gasteiger partial charge in [0, 0.05) is 29.2 Å². The lowest BCUT2D eigenvalue weighted by molar-refractivity contribution is 0.670. The van der Waals surface area contributed by atoms with Crippen LogP contribution in [0.15, 0.2) is 30.5 Å². The third kappa shape index (κ3) is 2.11. The summed E-state index contributed by atoms with van der Waals surface area (Å²) in [6, 6.07) is 7.96. The molecule has 0 bridgehead atoms.